The Morgan fingerprint density at radius 1 is 1.35 bits per heavy atom. The zero-order chi connectivity index (χ0) is 14.3. The Hall–Kier alpha value is -1.58. The average molecular weight is 270 g/mol. The van der Waals surface area contributed by atoms with Gasteiger partial charge in [0.25, 0.3) is 0 Å². The van der Waals surface area contributed by atoms with Gasteiger partial charge in [0.05, 0.1) is 6.04 Å². The van der Waals surface area contributed by atoms with Crippen LogP contribution in [0.5, 0.6) is 0 Å². The van der Waals surface area contributed by atoms with Crippen molar-refractivity contribution in [3.63, 3.8) is 0 Å². The molecule has 1 saturated heterocycles. The first kappa shape index (κ1) is 13.4. The van der Waals surface area contributed by atoms with Crippen molar-refractivity contribution in [1.82, 2.24) is 5.06 Å². The first-order valence-electron chi connectivity index (χ1n) is 7.19. The lowest BCUT2D eigenvalue weighted by Gasteiger charge is -2.28. The van der Waals surface area contributed by atoms with Crippen LogP contribution in [0.2, 0.25) is 0 Å². The summed E-state index contributed by atoms with van der Waals surface area (Å²) in [6.45, 7) is 8.42. The third-order valence-corrected chi connectivity index (χ3v) is 4.39. The fourth-order valence-electron chi connectivity index (χ4n) is 2.92. The maximum absolute atomic E-state index is 5.80. The lowest BCUT2D eigenvalue weighted by atomic mass is 9.83. The maximum atomic E-state index is 5.80. The molecule has 0 aromatic heterocycles. The van der Waals surface area contributed by atoms with Crippen molar-refractivity contribution < 1.29 is 4.84 Å². The SMILES string of the molecule is C=C(C)C1CC=C(C)C(N2OC2c2ccc(N)cc2)C1. The lowest BCUT2D eigenvalue weighted by Crippen LogP contribution is -2.27. The highest BCUT2D eigenvalue weighted by Gasteiger charge is 2.45. The molecule has 1 aromatic rings. The van der Waals surface area contributed by atoms with E-state index in [2.05, 4.69) is 31.6 Å². The van der Waals surface area contributed by atoms with E-state index in [-0.39, 0.29) is 6.23 Å². The quantitative estimate of drug-likeness (QED) is 0.516. The molecule has 3 nitrogen and oxygen atoms in total. The highest BCUT2D eigenvalue weighted by Crippen LogP contribution is 2.45. The first-order valence-corrected chi connectivity index (χ1v) is 7.19. The predicted octanol–water partition coefficient (Wildman–Crippen LogP) is 3.82. The van der Waals surface area contributed by atoms with Crippen LogP contribution in [0, 0.1) is 5.92 Å². The van der Waals surface area contributed by atoms with Gasteiger partial charge in [-0.2, -0.15) is 0 Å². The van der Waals surface area contributed by atoms with Crippen LogP contribution < -0.4 is 5.73 Å². The molecule has 1 heterocycles. The van der Waals surface area contributed by atoms with Crippen LogP contribution in [-0.4, -0.2) is 11.1 Å². The van der Waals surface area contributed by atoms with Crippen molar-refractivity contribution in [2.75, 3.05) is 5.73 Å². The molecular weight excluding hydrogens is 248 g/mol. The number of anilines is 1. The van der Waals surface area contributed by atoms with Gasteiger partial charge in [0.1, 0.15) is 0 Å². The number of hydroxylamine groups is 2. The van der Waals surface area contributed by atoms with E-state index < -0.39 is 0 Å². The third kappa shape index (κ3) is 2.51. The van der Waals surface area contributed by atoms with E-state index in [0.717, 1.165) is 18.5 Å². The number of benzene rings is 1. The van der Waals surface area contributed by atoms with Gasteiger partial charge in [-0.3, -0.25) is 4.84 Å². The Morgan fingerprint density at radius 3 is 2.70 bits per heavy atom. The summed E-state index contributed by atoms with van der Waals surface area (Å²) in [6.07, 6.45) is 4.61. The zero-order valence-corrected chi connectivity index (χ0v) is 12.2. The molecule has 0 spiro atoms. The van der Waals surface area contributed by atoms with E-state index in [1.807, 2.05) is 24.3 Å². The summed E-state index contributed by atoms with van der Waals surface area (Å²) in [4.78, 5) is 5.80. The number of hydrogen-bond acceptors (Lipinski definition) is 3. The smallest absolute Gasteiger partial charge is 0.180 e. The van der Waals surface area contributed by atoms with E-state index in [9.17, 15) is 0 Å². The van der Waals surface area contributed by atoms with Crippen molar-refractivity contribution in [1.29, 1.82) is 0 Å². The van der Waals surface area contributed by atoms with Gasteiger partial charge in [0.15, 0.2) is 6.23 Å². The number of nitrogen functional groups attached to an aromatic ring is 1. The molecule has 20 heavy (non-hydrogen) atoms. The summed E-state index contributed by atoms with van der Waals surface area (Å²) in [5.74, 6) is 0.569. The Balaban J connectivity index is 1.72. The largest absolute Gasteiger partial charge is 0.399 e. The van der Waals surface area contributed by atoms with Crippen LogP contribution in [0.4, 0.5) is 5.69 Å². The number of allylic oxidation sites excluding steroid dienone is 2. The molecule has 0 bridgehead atoms. The molecular formula is C17H22N2O. The van der Waals surface area contributed by atoms with Crippen LogP contribution in [0.15, 0.2) is 48.1 Å². The van der Waals surface area contributed by atoms with E-state index in [0.29, 0.717) is 12.0 Å². The van der Waals surface area contributed by atoms with Crippen molar-refractivity contribution in [3.05, 3.63) is 53.6 Å². The van der Waals surface area contributed by atoms with Gasteiger partial charge < -0.3 is 5.73 Å². The molecule has 106 valence electrons. The summed E-state index contributed by atoms with van der Waals surface area (Å²) in [6, 6.07) is 8.30. The van der Waals surface area contributed by atoms with E-state index in [1.165, 1.54) is 16.7 Å². The van der Waals surface area contributed by atoms with Crippen LogP contribution in [0.1, 0.15) is 38.5 Å². The van der Waals surface area contributed by atoms with E-state index in [4.69, 9.17) is 10.6 Å². The Labute approximate surface area is 120 Å². The van der Waals surface area contributed by atoms with Crippen LogP contribution >= 0.6 is 0 Å². The van der Waals surface area contributed by atoms with Gasteiger partial charge in [-0.05, 0) is 50.3 Å². The van der Waals surface area contributed by atoms with Gasteiger partial charge in [-0.1, -0.05) is 35.9 Å². The number of nitrogens with two attached hydrogens (primary N) is 1. The van der Waals surface area contributed by atoms with Crippen molar-refractivity contribution in [2.24, 2.45) is 5.92 Å². The maximum Gasteiger partial charge on any atom is 0.180 e. The molecule has 0 amide bonds. The monoisotopic (exact) mass is 270 g/mol. The molecule has 2 aliphatic rings. The van der Waals surface area contributed by atoms with E-state index >= 15 is 0 Å². The zero-order valence-electron chi connectivity index (χ0n) is 12.2. The highest BCUT2D eigenvalue weighted by molar-refractivity contribution is 5.40. The van der Waals surface area contributed by atoms with E-state index in [1.54, 1.807) is 0 Å². The van der Waals surface area contributed by atoms with Crippen molar-refractivity contribution in [2.45, 2.75) is 39.0 Å². The van der Waals surface area contributed by atoms with Crippen LogP contribution in [0.3, 0.4) is 0 Å². The molecule has 1 aliphatic carbocycles. The molecule has 0 saturated carbocycles. The number of rotatable bonds is 3. The molecule has 3 rings (SSSR count). The Morgan fingerprint density at radius 2 is 2.05 bits per heavy atom. The van der Waals surface area contributed by atoms with Crippen LogP contribution in [-0.2, 0) is 4.84 Å². The molecule has 4 atom stereocenters. The Bertz CT molecular complexity index is 547. The topological polar surface area (TPSA) is 41.6 Å². The Kier molecular flexibility index (Phi) is 3.40. The fourth-order valence-corrected chi connectivity index (χ4v) is 2.92. The summed E-state index contributed by atoms with van der Waals surface area (Å²) < 4.78 is 0. The summed E-state index contributed by atoms with van der Waals surface area (Å²) in [7, 11) is 0. The van der Waals surface area contributed by atoms with Gasteiger partial charge >= 0.3 is 0 Å². The summed E-state index contributed by atoms with van der Waals surface area (Å²) in [5, 5.41) is 2.10. The molecule has 4 unspecified atom stereocenters. The standard InChI is InChI=1S/C17H22N2O/c1-11(2)14-5-4-12(3)16(10-14)19-17(20-19)13-6-8-15(18)9-7-13/h4,6-9,14,16-17H,1,5,10,18H2,2-3H3. The second kappa shape index (κ2) is 5.08. The summed E-state index contributed by atoms with van der Waals surface area (Å²) >= 11 is 0. The lowest BCUT2D eigenvalue weighted by molar-refractivity contribution is 0.145. The fraction of sp³-hybridized carbons (Fsp3) is 0.412. The molecule has 0 radical (unpaired) electrons. The second-order valence-electron chi connectivity index (χ2n) is 5.96. The molecule has 1 fully saturated rings. The third-order valence-electron chi connectivity index (χ3n) is 4.39. The first-order chi connectivity index (χ1) is 9.56. The second-order valence-corrected chi connectivity index (χ2v) is 5.96. The number of nitrogens with zero attached hydrogens (tertiary/aromatic N) is 1. The van der Waals surface area contributed by atoms with Crippen molar-refractivity contribution in [3.8, 4) is 0 Å². The normalized spacial score (nSPS) is 32.6. The molecule has 2 N–H and O–H groups in total. The van der Waals surface area contributed by atoms with Crippen molar-refractivity contribution >= 4 is 5.69 Å². The number of hydrogen-bond donors (Lipinski definition) is 1. The highest BCUT2D eigenvalue weighted by atomic mass is 16.8. The predicted molar refractivity (Wildman–Crippen MR) is 81.6 cm³/mol. The summed E-state index contributed by atoms with van der Waals surface area (Å²) in [5.41, 5.74) is 10.4. The average Bonchev–Trinajstić information content (AvgIpc) is 3.20. The molecule has 1 aromatic carbocycles. The van der Waals surface area contributed by atoms with Gasteiger partial charge in [0, 0.05) is 5.69 Å². The minimum Gasteiger partial charge on any atom is -0.399 e. The van der Waals surface area contributed by atoms with Gasteiger partial charge in [-0.25, -0.2) is 0 Å². The minimum atomic E-state index is 0.0767. The molecule has 3 heteroatoms. The van der Waals surface area contributed by atoms with Gasteiger partial charge in [0.2, 0.25) is 0 Å². The van der Waals surface area contributed by atoms with Gasteiger partial charge in [-0.15, -0.1) is 5.06 Å². The molecule has 1 aliphatic heterocycles. The van der Waals surface area contributed by atoms with Crippen LogP contribution in [0.25, 0.3) is 0 Å². The minimum absolute atomic E-state index is 0.0767.